The van der Waals surface area contributed by atoms with E-state index in [-0.39, 0.29) is 17.6 Å². The molecule has 0 radical (unpaired) electrons. The maximum Gasteiger partial charge on any atom is 0.358 e. The summed E-state index contributed by atoms with van der Waals surface area (Å²) >= 11 is 0. The number of urea groups is 1. The van der Waals surface area contributed by atoms with Crippen LogP contribution in [0.5, 0.6) is 0 Å². The predicted molar refractivity (Wildman–Crippen MR) is 60.4 cm³/mol. The molecule has 0 bridgehead atoms. The number of carboxylic acids is 1. The van der Waals surface area contributed by atoms with E-state index in [1.807, 2.05) is 0 Å². The molecule has 2 rings (SSSR count). The molecule has 2 amide bonds. The minimum atomic E-state index is -1.25. The van der Waals surface area contributed by atoms with E-state index in [9.17, 15) is 9.59 Å². The summed E-state index contributed by atoms with van der Waals surface area (Å²) in [6.07, 6.45) is 3.29. The van der Waals surface area contributed by atoms with Gasteiger partial charge in [0.05, 0.1) is 12.6 Å². The summed E-state index contributed by atoms with van der Waals surface area (Å²) in [5, 5.41) is 13.9. The molecule has 0 aliphatic carbocycles. The molecule has 1 fully saturated rings. The predicted octanol–water partition coefficient (Wildman–Crippen LogP) is 0.0852. The summed E-state index contributed by atoms with van der Waals surface area (Å²) in [6, 6.07) is -0.580. The summed E-state index contributed by atoms with van der Waals surface area (Å²) in [4.78, 5) is 29.9. The molecule has 8 nitrogen and oxygen atoms in total. The fourth-order valence-electron chi connectivity index (χ4n) is 1.56. The smallest absolute Gasteiger partial charge is 0.358 e. The molecule has 0 spiro atoms. The van der Waals surface area contributed by atoms with Crippen molar-refractivity contribution in [2.75, 3.05) is 18.5 Å². The number of nitrogens with one attached hydrogen (secondary N) is 2. The molecule has 0 saturated carbocycles. The van der Waals surface area contributed by atoms with Crippen LogP contribution in [-0.2, 0) is 4.74 Å². The van der Waals surface area contributed by atoms with Crippen molar-refractivity contribution in [3.63, 3.8) is 0 Å². The van der Waals surface area contributed by atoms with Crippen LogP contribution in [0.1, 0.15) is 16.9 Å². The van der Waals surface area contributed by atoms with Gasteiger partial charge >= 0.3 is 12.0 Å². The molecule has 1 unspecified atom stereocenters. The van der Waals surface area contributed by atoms with Crippen molar-refractivity contribution in [3.8, 4) is 0 Å². The van der Waals surface area contributed by atoms with Crippen LogP contribution in [0.15, 0.2) is 12.4 Å². The minimum absolute atomic E-state index is 0.0602. The van der Waals surface area contributed by atoms with Crippen molar-refractivity contribution in [1.29, 1.82) is 0 Å². The van der Waals surface area contributed by atoms with E-state index in [4.69, 9.17) is 9.84 Å². The first-order valence-electron chi connectivity index (χ1n) is 5.36. The van der Waals surface area contributed by atoms with E-state index in [1.54, 1.807) is 0 Å². The van der Waals surface area contributed by atoms with Crippen molar-refractivity contribution in [3.05, 3.63) is 18.1 Å². The van der Waals surface area contributed by atoms with Gasteiger partial charge in [0.25, 0.3) is 0 Å². The Kier molecular flexibility index (Phi) is 3.68. The molecule has 96 valence electrons. The highest BCUT2D eigenvalue weighted by atomic mass is 16.5. The van der Waals surface area contributed by atoms with Gasteiger partial charge in [0.15, 0.2) is 11.5 Å². The maximum atomic E-state index is 11.6. The standard InChI is InChI=1S/C10H12N4O4/c15-9(16)7-8(12-3-2-11-7)14-10(17)13-6-1-4-18-5-6/h2-3,6H,1,4-5H2,(H,15,16)(H2,12,13,14,17). The highest BCUT2D eigenvalue weighted by Crippen LogP contribution is 2.08. The Hall–Kier alpha value is -2.22. The third kappa shape index (κ3) is 2.92. The summed E-state index contributed by atoms with van der Waals surface area (Å²) in [6.45, 7) is 1.07. The monoisotopic (exact) mass is 252 g/mol. The zero-order valence-electron chi connectivity index (χ0n) is 9.42. The number of aromatic carboxylic acids is 1. The van der Waals surface area contributed by atoms with E-state index in [2.05, 4.69) is 20.6 Å². The Labute approximate surface area is 102 Å². The second kappa shape index (κ2) is 5.41. The van der Waals surface area contributed by atoms with Gasteiger partial charge in [-0.05, 0) is 6.42 Å². The molecule has 0 aromatic carbocycles. The lowest BCUT2D eigenvalue weighted by Gasteiger charge is -2.11. The second-order valence-corrected chi connectivity index (χ2v) is 3.72. The third-order valence-electron chi connectivity index (χ3n) is 2.40. The topological polar surface area (TPSA) is 113 Å². The molecule has 8 heteroatoms. The van der Waals surface area contributed by atoms with Crippen molar-refractivity contribution < 1.29 is 19.4 Å². The van der Waals surface area contributed by atoms with E-state index in [0.29, 0.717) is 13.2 Å². The molecule has 18 heavy (non-hydrogen) atoms. The van der Waals surface area contributed by atoms with Crippen LogP contribution in [0.3, 0.4) is 0 Å². The zero-order chi connectivity index (χ0) is 13.0. The minimum Gasteiger partial charge on any atom is -0.476 e. The second-order valence-electron chi connectivity index (χ2n) is 3.72. The van der Waals surface area contributed by atoms with Crippen LogP contribution in [0, 0.1) is 0 Å². The number of anilines is 1. The number of rotatable bonds is 3. The summed E-state index contributed by atoms with van der Waals surface area (Å²) in [5.41, 5.74) is -0.296. The Morgan fingerprint density at radius 2 is 2.17 bits per heavy atom. The molecular weight excluding hydrogens is 240 g/mol. The number of hydrogen-bond acceptors (Lipinski definition) is 5. The van der Waals surface area contributed by atoms with Crippen LogP contribution < -0.4 is 10.6 Å². The zero-order valence-corrected chi connectivity index (χ0v) is 9.42. The molecule has 1 saturated heterocycles. The first kappa shape index (κ1) is 12.2. The molecule has 1 aliphatic rings. The van der Waals surface area contributed by atoms with Crippen molar-refractivity contribution in [1.82, 2.24) is 15.3 Å². The van der Waals surface area contributed by atoms with E-state index in [1.165, 1.54) is 12.4 Å². The van der Waals surface area contributed by atoms with Gasteiger partial charge in [0.1, 0.15) is 0 Å². The van der Waals surface area contributed by atoms with Gasteiger partial charge in [-0.3, -0.25) is 5.32 Å². The third-order valence-corrected chi connectivity index (χ3v) is 2.40. The summed E-state index contributed by atoms with van der Waals surface area (Å²) < 4.78 is 5.11. The largest absolute Gasteiger partial charge is 0.476 e. The highest BCUT2D eigenvalue weighted by Gasteiger charge is 2.20. The fraction of sp³-hybridized carbons (Fsp3) is 0.400. The molecule has 1 aromatic heterocycles. The average Bonchev–Trinajstić information content (AvgIpc) is 2.82. The van der Waals surface area contributed by atoms with Gasteiger partial charge in [-0.25, -0.2) is 19.6 Å². The van der Waals surface area contributed by atoms with Gasteiger partial charge in [-0.15, -0.1) is 0 Å². The average molecular weight is 252 g/mol. The Balaban J connectivity index is 2.00. The first-order valence-corrected chi connectivity index (χ1v) is 5.36. The van der Waals surface area contributed by atoms with Gasteiger partial charge in [0, 0.05) is 19.0 Å². The number of nitrogens with zero attached hydrogens (tertiary/aromatic N) is 2. The van der Waals surface area contributed by atoms with Crippen molar-refractivity contribution >= 4 is 17.8 Å². The lowest BCUT2D eigenvalue weighted by molar-refractivity contribution is 0.0691. The van der Waals surface area contributed by atoms with Gasteiger partial charge in [-0.1, -0.05) is 0 Å². The highest BCUT2D eigenvalue weighted by molar-refractivity contribution is 5.97. The van der Waals surface area contributed by atoms with Crippen molar-refractivity contribution in [2.45, 2.75) is 12.5 Å². The Bertz CT molecular complexity index is 459. The summed E-state index contributed by atoms with van der Waals surface area (Å²) in [7, 11) is 0. The first-order chi connectivity index (χ1) is 8.66. The van der Waals surface area contributed by atoms with E-state index >= 15 is 0 Å². The van der Waals surface area contributed by atoms with Crippen LogP contribution in [0.2, 0.25) is 0 Å². The number of aromatic nitrogens is 2. The van der Waals surface area contributed by atoms with Crippen molar-refractivity contribution in [2.24, 2.45) is 0 Å². The van der Waals surface area contributed by atoms with Crippen LogP contribution in [0.25, 0.3) is 0 Å². The quantitative estimate of drug-likeness (QED) is 0.702. The number of ether oxygens (including phenoxy) is 1. The number of amides is 2. The molecule has 1 aliphatic heterocycles. The van der Waals surface area contributed by atoms with Crippen LogP contribution >= 0.6 is 0 Å². The SMILES string of the molecule is O=C(Nc1nccnc1C(=O)O)NC1CCOC1. The van der Waals surface area contributed by atoms with E-state index in [0.717, 1.165) is 6.42 Å². The molecule has 1 atom stereocenters. The number of hydrogen-bond donors (Lipinski definition) is 3. The van der Waals surface area contributed by atoms with Gasteiger partial charge < -0.3 is 15.2 Å². The number of carboxylic acid groups (broad SMARTS) is 1. The van der Waals surface area contributed by atoms with Gasteiger partial charge in [0.2, 0.25) is 0 Å². The Morgan fingerprint density at radius 1 is 1.39 bits per heavy atom. The van der Waals surface area contributed by atoms with Crippen LogP contribution in [0.4, 0.5) is 10.6 Å². The van der Waals surface area contributed by atoms with Gasteiger partial charge in [-0.2, -0.15) is 0 Å². The lowest BCUT2D eigenvalue weighted by atomic mass is 10.3. The molecular formula is C10H12N4O4. The number of carbonyl (C=O) groups excluding carboxylic acids is 1. The molecule has 2 heterocycles. The maximum absolute atomic E-state index is 11.6. The lowest BCUT2D eigenvalue weighted by Crippen LogP contribution is -2.38. The number of carbonyl (C=O) groups is 2. The van der Waals surface area contributed by atoms with E-state index < -0.39 is 12.0 Å². The fourth-order valence-corrected chi connectivity index (χ4v) is 1.56. The Morgan fingerprint density at radius 3 is 2.83 bits per heavy atom. The molecule has 3 N–H and O–H groups in total. The van der Waals surface area contributed by atoms with Crippen LogP contribution in [-0.4, -0.2) is 46.3 Å². The summed E-state index contributed by atoms with van der Waals surface area (Å²) in [5.74, 6) is -1.33. The normalized spacial score (nSPS) is 18.3. The molecule has 1 aromatic rings.